The molecule has 117 valence electrons. The van der Waals surface area contributed by atoms with Crippen molar-refractivity contribution in [3.63, 3.8) is 0 Å². The summed E-state index contributed by atoms with van der Waals surface area (Å²) < 4.78 is 1.13. The lowest BCUT2D eigenvalue weighted by molar-refractivity contribution is -0.977. The Balaban J connectivity index is 1.69. The van der Waals surface area contributed by atoms with Gasteiger partial charge in [0.05, 0.1) is 29.1 Å². The van der Waals surface area contributed by atoms with Crippen molar-refractivity contribution in [1.82, 2.24) is 0 Å². The third-order valence-electron chi connectivity index (χ3n) is 6.11. The van der Waals surface area contributed by atoms with Crippen LogP contribution < -0.4 is 0 Å². The zero-order valence-electron chi connectivity index (χ0n) is 13.0. The topological polar surface area (TPSA) is 43.1 Å². The number of hydrogen-bond donors (Lipinski definition) is 0. The third-order valence-corrected chi connectivity index (χ3v) is 6.11. The van der Waals surface area contributed by atoms with Crippen molar-refractivity contribution in [3.05, 3.63) is 46.4 Å². The number of piperidine rings is 1. The van der Waals surface area contributed by atoms with E-state index in [0.29, 0.717) is 17.8 Å². The van der Waals surface area contributed by atoms with Crippen molar-refractivity contribution in [2.45, 2.75) is 57.2 Å². The van der Waals surface area contributed by atoms with E-state index in [-0.39, 0.29) is 4.92 Å². The molecule has 1 aromatic rings. The molecule has 0 aromatic heterocycles. The Bertz CT molecular complexity index is 566. The molecule has 2 heterocycles. The molecule has 2 bridgehead atoms. The van der Waals surface area contributed by atoms with Gasteiger partial charge in [0.1, 0.15) is 6.54 Å². The van der Waals surface area contributed by atoms with Crippen LogP contribution in [-0.4, -0.2) is 28.0 Å². The molecule has 0 spiro atoms. The molecule has 1 aromatic carbocycles. The van der Waals surface area contributed by atoms with Gasteiger partial charge in [-0.05, 0) is 25.3 Å². The summed E-state index contributed by atoms with van der Waals surface area (Å²) in [7, 11) is 0. The van der Waals surface area contributed by atoms with E-state index in [1.165, 1.54) is 45.1 Å². The van der Waals surface area contributed by atoms with Crippen molar-refractivity contribution in [2.24, 2.45) is 5.92 Å². The Morgan fingerprint density at radius 3 is 2.41 bits per heavy atom. The molecule has 4 nitrogen and oxygen atoms in total. The van der Waals surface area contributed by atoms with Crippen LogP contribution in [-0.2, 0) is 6.54 Å². The maximum atomic E-state index is 11.4. The highest BCUT2D eigenvalue weighted by Crippen LogP contribution is 2.47. The van der Waals surface area contributed by atoms with Crippen LogP contribution in [0.1, 0.15) is 44.1 Å². The molecular formula is C18H24N2O2+. The fourth-order valence-electron chi connectivity index (χ4n) is 4.88. The molecule has 0 N–H and O–H groups in total. The average Bonchev–Trinajstić information content (AvgIpc) is 3.28. The first kappa shape index (κ1) is 14.2. The summed E-state index contributed by atoms with van der Waals surface area (Å²) in [6, 6.07) is 8.77. The van der Waals surface area contributed by atoms with E-state index >= 15 is 0 Å². The van der Waals surface area contributed by atoms with Crippen LogP contribution in [0.25, 0.3) is 0 Å². The Kier molecular flexibility index (Phi) is 3.44. The molecule has 4 rings (SSSR count). The molecule has 2 unspecified atom stereocenters. The molecule has 2 saturated heterocycles. The molecule has 2 atom stereocenters. The van der Waals surface area contributed by atoms with Gasteiger partial charge in [-0.25, -0.2) is 0 Å². The van der Waals surface area contributed by atoms with Crippen LogP contribution >= 0.6 is 0 Å². The van der Waals surface area contributed by atoms with Crippen molar-refractivity contribution in [2.75, 3.05) is 6.54 Å². The van der Waals surface area contributed by atoms with Gasteiger partial charge in [-0.1, -0.05) is 12.1 Å². The quantitative estimate of drug-likeness (QED) is 0.471. The summed E-state index contributed by atoms with van der Waals surface area (Å²) in [6.07, 6.45) is 10.2. The van der Waals surface area contributed by atoms with E-state index < -0.39 is 0 Å². The number of nitro benzene ring substituents is 1. The fourth-order valence-corrected chi connectivity index (χ4v) is 4.88. The maximum absolute atomic E-state index is 11.4. The fraction of sp³-hybridized carbons (Fsp3) is 0.611. The summed E-state index contributed by atoms with van der Waals surface area (Å²) in [6.45, 7) is 2.10. The van der Waals surface area contributed by atoms with E-state index in [1.54, 1.807) is 12.1 Å². The zero-order chi connectivity index (χ0) is 15.2. The number of quaternary nitrogens is 1. The molecule has 1 saturated carbocycles. The monoisotopic (exact) mass is 300 g/mol. The largest absolute Gasteiger partial charge is 0.315 e. The summed E-state index contributed by atoms with van der Waals surface area (Å²) in [4.78, 5) is 11.2. The van der Waals surface area contributed by atoms with E-state index in [2.05, 4.69) is 6.42 Å². The smallest absolute Gasteiger partial charge is 0.278 e. The molecule has 1 radical (unpaired) electrons. The summed E-state index contributed by atoms with van der Waals surface area (Å²) in [5.41, 5.74) is 1.25. The van der Waals surface area contributed by atoms with Gasteiger partial charge in [0.2, 0.25) is 0 Å². The van der Waals surface area contributed by atoms with Crippen LogP contribution in [0.4, 0.5) is 5.69 Å². The average molecular weight is 300 g/mol. The number of para-hydroxylation sites is 1. The van der Waals surface area contributed by atoms with Crippen LogP contribution in [0.5, 0.6) is 0 Å². The van der Waals surface area contributed by atoms with Crippen molar-refractivity contribution in [3.8, 4) is 0 Å². The van der Waals surface area contributed by atoms with Crippen LogP contribution in [0.2, 0.25) is 0 Å². The minimum absolute atomic E-state index is 0.207. The van der Waals surface area contributed by atoms with Gasteiger partial charge in [0, 0.05) is 37.7 Å². The van der Waals surface area contributed by atoms with Gasteiger partial charge in [-0.3, -0.25) is 10.1 Å². The lowest BCUT2D eigenvalue weighted by atomic mass is 9.95. The summed E-state index contributed by atoms with van der Waals surface area (Å²) in [5, 5.41) is 11.4. The Morgan fingerprint density at radius 2 is 1.77 bits per heavy atom. The molecule has 22 heavy (non-hydrogen) atoms. The first-order chi connectivity index (χ1) is 10.7. The number of fused-ring (bicyclic) bond motifs is 2. The van der Waals surface area contributed by atoms with Crippen molar-refractivity contribution >= 4 is 5.69 Å². The van der Waals surface area contributed by atoms with E-state index in [4.69, 9.17) is 0 Å². The lowest BCUT2D eigenvalue weighted by Crippen LogP contribution is -2.59. The van der Waals surface area contributed by atoms with Gasteiger partial charge in [0.25, 0.3) is 5.69 Å². The Hall–Kier alpha value is -1.42. The van der Waals surface area contributed by atoms with Crippen LogP contribution in [0.15, 0.2) is 24.3 Å². The first-order valence-electron chi connectivity index (χ1n) is 8.59. The predicted octanol–water partition coefficient (Wildman–Crippen LogP) is 3.85. The molecule has 2 aliphatic heterocycles. The molecule has 3 fully saturated rings. The highest BCUT2D eigenvalue weighted by atomic mass is 16.6. The first-order valence-corrected chi connectivity index (χ1v) is 8.59. The second-order valence-corrected chi connectivity index (χ2v) is 7.42. The van der Waals surface area contributed by atoms with E-state index in [9.17, 15) is 10.1 Å². The van der Waals surface area contributed by atoms with Gasteiger partial charge < -0.3 is 4.48 Å². The van der Waals surface area contributed by atoms with E-state index in [1.807, 2.05) is 12.1 Å². The lowest BCUT2D eigenvalue weighted by Gasteiger charge is -2.48. The normalized spacial score (nSPS) is 33.8. The Labute approximate surface area is 131 Å². The summed E-state index contributed by atoms with van der Waals surface area (Å²) >= 11 is 0. The SMILES string of the molecule is O=[N+]([O-])c1ccccc1C[N+]1(CC2CC2)C2C[CH]CC1CC2. The molecule has 0 amide bonds. The number of rotatable bonds is 5. The number of hydrogen-bond acceptors (Lipinski definition) is 2. The predicted molar refractivity (Wildman–Crippen MR) is 85.0 cm³/mol. The van der Waals surface area contributed by atoms with Gasteiger partial charge in [-0.15, -0.1) is 0 Å². The van der Waals surface area contributed by atoms with Crippen LogP contribution in [0.3, 0.4) is 0 Å². The zero-order valence-corrected chi connectivity index (χ0v) is 13.0. The third kappa shape index (κ3) is 2.34. The maximum Gasteiger partial charge on any atom is 0.278 e. The second kappa shape index (κ2) is 5.34. The molecule has 3 aliphatic rings. The van der Waals surface area contributed by atoms with Crippen LogP contribution in [0, 0.1) is 22.5 Å². The van der Waals surface area contributed by atoms with E-state index in [0.717, 1.165) is 22.5 Å². The van der Waals surface area contributed by atoms with Crippen molar-refractivity contribution < 1.29 is 9.41 Å². The van der Waals surface area contributed by atoms with Gasteiger partial charge in [-0.2, -0.15) is 0 Å². The number of nitro groups is 1. The van der Waals surface area contributed by atoms with Gasteiger partial charge >= 0.3 is 0 Å². The minimum Gasteiger partial charge on any atom is -0.315 e. The Morgan fingerprint density at radius 1 is 1.09 bits per heavy atom. The minimum atomic E-state index is -0.207. The standard InChI is InChI=1S/C18H24N2O2/c21-19(22)18-7-2-1-4-15(18)13-20(12-14-8-9-14)16-5-3-6-17(20)11-10-16/h1-4,7,14,16-17H,5-6,8-13H2/q+1. The molecule has 1 aliphatic carbocycles. The molecule has 4 heteroatoms. The van der Waals surface area contributed by atoms with Crippen molar-refractivity contribution in [1.29, 1.82) is 0 Å². The summed E-state index contributed by atoms with van der Waals surface area (Å²) in [5.74, 6) is 0.865. The second-order valence-electron chi connectivity index (χ2n) is 7.42. The van der Waals surface area contributed by atoms with Gasteiger partial charge in [0.15, 0.2) is 0 Å². The highest BCUT2D eigenvalue weighted by molar-refractivity contribution is 5.39. The molecular weight excluding hydrogens is 276 g/mol. The highest BCUT2D eigenvalue weighted by Gasteiger charge is 2.53. The number of benzene rings is 1. The number of nitrogens with zero attached hydrogens (tertiary/aromatic N) is 2.